The molecule has 3 heteroatoms. The maximum absolute atomic E-state index is 10.5. The molecule has 0 aromatic rings. The summed E-state index contributed by atoms with van der Waals surface area (Å²) in [5.41, 5.74) is 3.40. The number of hydrazone groups is 1. The van der Waals surface area contributed by atoms with Crippen LogP contribution in [0, 0.1) is 5.92 Å². The molecule has 70 valence electrons. The molecule has 1 N–H and O–H groups in total. The third kappa shape index (κ3) is 7.25. The molecule has 0 aromatic heterocycles. The number of rotatable bonds is 4. The lowest BCUT2D eigenvalue weighted by atomic mass is 10.1. The van der Waals surface area contributed by atoms with E-state index in [1.54, 1.807) is 0 Å². The smallest absolute Gasteiger partial charge is 0.236 e. The molecule has 0 fully saturated rings. The van der Waals surface area contributed by atoms with Crippen LogP contribution in [0.4, 0.5) is 0 Å². The Bertz CT molecular complexity index is 173. The van der Waals surface area contributed by atoms with E-state index in [1.807, 2.05) is 6.92 Å². The molecule has 0 saturated carbocycles. The molecule has 0 aliphatic rings. The molecule has 3 nitrogen and oxygen atoms in total. The van der Waals surface area contributed by atoms with Gasteiger partial charge in [0, 0.05) is 12.6 Å². The predicted molar refractivity (Wildman–Crippen MR) is 51.0 cm³/mol. The van der Waals surface area contributed by atoms with Crippen LogP contribution in [0.15, 0.2) is 5.10 Å². The average molecular weight is 170 g/mol. The maximum atomic E-state index is 10.5. The summed E-state index contributed by atoms with van der Waals surface area (Å²) in [5, 5.41) is 3.91. The normalized spacial score (nSPS) is 11.9. The van der Waals surface area contributed by atoms with Gasteiger partial charge in [0.05, 0.1) is 0 Å². The number of amides is 1. The summed E-state index contributed by atoms with van der Waals surface area (Å²) < 4.78 is 0. The topological polar surface area (TPSA) is 41.5 Å². The second kappa shape index (κ2) is 5.75. The second-order valence-electron chi connectivity index (χ2n) is 3.45. The van der Waals surface area contributed by atoms with Crippen molar-refractivity contribution in [1.82, 2.24) is 5.43 Å². The van der Waals surface area contributed by atoms with Gasteiger partial charge in [-0.25, -0.2) is 5.43 Å². The Morgan fingerprint density at radius 1 is 1.42 bits per heavy atom. The third-order valence-electron chi connectivity index (χ3n) is 1.49. The Balaban J connectivity index is 3.63. The van der Waals surface area contributed by atoms with Crippen LogP contribution >= 0.6 is 0 Å². The van der Waals surface area contributed by atoms with Crippen LogP contribution in [0.3, 0.4) is 0 Å². The first-order valence-electron chi connectivity index (χ1n) is 4.32. The van der Waals surface area contributed by atoms with E-state index in [0.717, 1.165) is 18.6 Å². The summed E-state index contributed by atoms with van der Waals surface area (Å²) in [6, 6.07) is 0. The zero-order valence-corrected chi connectivity index (χ0v) is 8.35. The van der Waals surface area contributed by atoms with Crippen LogP contribution in [0.2, 0.25) is 0 Å². The highest BCUT2D eigenvalue weighted by Gasteiger charge is 1.96. The molecule has 0 radical (unpaired) electrons. The van der Waals surface area contributed by atoms with E-state index in [2.05, 4.69) is 24.4 Å². The van der Waals surface area contributed by atoms with Crippen molar-refractivity contribution in [3.8, 4) is 0 Å². The van der Waals surface area contributed by atoms with Gasteiger partial charge in [0.25, 0.3) is 0 Å². The van der Waals surface area contributed by atoms with Gasteiger partial charge in [-0.3, -0.25) is 4.79 Å². The molecule has 0 rings (SSSR count). The predicted octanol–water partition coefficient (Wildman–Crippen LogP) is 1.93. The van der Waals surface area contributed by atoms with Gasteiger partial charge >= 0.3 is 0 Å². The SMILES string of the molecule is CC(=O)N/N=C(\C)CCC(C)C. The summed E-state index contributed by atoms with van der Waals surface area (Å²) in [6.07, 6.45) is 2.08. The van der Waals surface area contributed by atoms with Gasteiger partial charge in [-0.1, -0.05) is 13.8 Å². The lowest BCUT2D eigenvalue weighted by Crippen LogP contribution is -2.14. The van der Waals surface area contributed by atoms with Gasteiger partial charge in [0.1, 0.15) is 0 Å². The lowest BCUT2D eigenvalue weighted by Gasteiger charge is -2.03. The van der Waals surface area contributed by atoms with Crippen molar-refractivity contribution in [2.75, 3.05) is 0 Å². The van der Waals surface area contributed by atoms with Crippen molar-refractivity contribution in [2.45, 2.75) is 40.5 Å². The summed E-state index contributed by atoms with van der Waals surface area (Å²) in [6.45, 7) is 7.73. The van der Waals surface area contributed by atoms with Gasteiger partial charge in [-0.15, -0.1) is 0 Å². The number of hydrogen-bond acceptors (Lipinski definition) is 2. The minimum atomic E-state index is -0.112. The third-order valence-corrected chi connectivity index (χ3v) is 1.49. The van der Waals surface area contributed by atoms with E-state index in [4.69, 9.17) is 0 Å². The fourth-order valence-electron chi connectivity index (χ4n) is 0.728. The Labute approximate surface area is 74.2 Å². The van der Waals surface area contributed by atoms with E-state index in [-0.39, 0.29) is 5.91 Å². The van der Waals surface area contributed by atoms with E-state index in [9.17, 15) is 4.79 Å². The largest absolute Gasteiger partial charge is 0.274 e. The lowest BCUT2D eigenvalue weighted by molar-refractivity contribution is -0.118. The van der Waals surface area contributed by atoms with Crippen molar-refractivity contribution < 1.29 is 4.79 Å². The van der Waals surface area contributed by atoms with E-state index in [0.29, 0.717) is 5.92 Å². The molecule has 12 heavy (non-hydrogen) atoms. The second-order valence-corrected chi connectivity index (χ2v) is 3.45. The molecule has 0 saturated heterocycles. The van der Waals surface area contributed by atoms with E-state index in [1.165, 1.54) is 6.92 Å². The molecule has 0 bridgehead atoms. The van der Waals surface area contributed by atoms with Gasteiger partial charge in [-0.2, -0.15) is 5.10 Å². The van der Waals surface area contributed by atoms with Crippen molar-refractivity contribution in [1.29, 1.82) is 0 Å². The Hall–Kier alpha value is -0.860. The van der Waals surface area contributed by atoms with Gasteiger partial charge < -0.3 is 0 Å². The molecule has 1 amide bonds. The highest BCUT2D eigenvalue weighted by molar-refractivity contribution is 5.83. The minimum Gasteiger partial charge on any atom is -0.274 e. The number of carbonyl (C=O) groups excluding carboxylic acids is 1. The van der Waals surface area contributed by atoms with Crippen LogP contribution in [-0.4, -0.2) is 11.6 Å². The summed E-state index contributed by atoms with van der Waals surface area (Å²) in [5.74, 6) is 0.575. The fraction of sp³-hybridized carbons (Fsp3) is 0.778. The molecule has 0 aromatic carbocycles. The van der Waals surface area contributed by atoms with Crippen molar-refractivity contribution in [3.05, 3.63) is 0 Å². The number of nitrogens with zero attached hydrogens (tertiary/aromatic N) is 1. The van der Waals surface area contributed by atoms with Crippen LogP contribution < -0.4 is 5.43 Å². The highest BCUT2D eigenvalue weighted by atomic mass is 16.2. The first-order valence-corrected chi connectivity index (χ1v) is 4.32. The highest BCUT2D eigenvalue weighted by Crippen LogP contribution is 2.03. The molecule has 0 atom stereocenters. The van der Waals surface area contributed by atoms with Gasteiger partial charge in [0.2, 0.25) is 5.91 Å². The molecule has 0 spiro atoms. The number of hydrogen-bond donors (Lipinski definition) is 1. The molecule has 0 aliphatic heterocycles. The summed E-state index contributed by atoms with van der Waals surface area (Å²) >= 11 is 0. The van der Waals surface area contributed by atoms with Gasteiger partial charge in [-0.05, 0) is 25.7 Å². The Morgan fingerprint density at radius 3 is 2.42 bits per heavy atom. The molecular weight excluding hydrogens is 152 g/mol. The standard InChI is InChI=1S/C9H18N2O/c1-7(2)5-6-8(3)10-11-9(4)12/h7H,5-6H2,1-4H3,(H,11,12)/b10-8+. The molecule has 0 aliphatic carbocycles. The Kier molecular flexibility index (Phi) is 5.34. The minimum absolute atomic E-state index is 0.112. The van der Waals surface area contributed by atoms with Crippen LogP contribution in [0.5, 0.6) is 0 Å². The zero-order valence-electron chi connectivity index (χ0n) is 8.35. The van der Waals surface area contributed by atoms with Crippen molar-refractivity contribution in [3.63, 3.8) is 0 Å². The average Bonchev–Trinajstić information content (AvgIpc) is 1.96. The van der Waals surface area contributed by atoms with Crippen molar-refractivity contribution in [2.24, 2.45) is 11.0 Å². The van der Waals surface area contributed by atoms with E-state index >= 15 is 0 Å². The fourth-order valence-corrected chi connectivity index (χ4v) is 0.728. The van der Waals surface area contributed by atoms with Crippen LogP contribution in [0.1, 0.15) is 40.5 Å². The molecule has 0 unspecified atom stereocenters. The number of nitrogens with one attached hydrogen (secondary N) is 1. The maximum Gasteiger partial charge on any atom is 0.236 e. The zero-order chi connectivity index (χ0) is 9.56. The van der Waals surface area contributed by atoms with E-state index < -0.39 is 0 Å². The van der Waals surface area contributed by atoms with Crippen LogP contribution in [0.25, 0.3) is 0 Å². The first kappa shape index (κ1) is 11.1. The molecule has 0 heterocycles. The first-order chi connectivity index (χ1) is 5.52. The van der Waals surface area contributed by atoms with Crippen molar-refractivity contribution >= 4 is 11.6 Å². The quantitative estimate of drug-likeness (QED) is 0.508. The summed E-state index contributed by atoms with van der Waals surface area (Å²) in [7, 11) is 0. The Morgan fingerprint density at radius 2 is 2.00 bits per heavy atom. The van der Waals surface area contributed by atoms with Gasteiger partial charge in [0.15, 0.2) is 0 Å². The number of carbonyl (C=O) groups is 1. The molecular formula is C9H18N2O. The van der Waals surface area contributed by atoms with Crippen LogP contribution in [-0.2, 0) is 4.79 Å². The monoisotopic (exact) mass is 170 g/mol. The summed E-state index contributed by atoms with van der Waals surface area (Å²) in [4.78, 5) is 10.5.